The summed E-state index contributed by atoms with van der Waals surface area (Å²) in [5, 5.41) is 5.46. The van der Waals surface area contributed by atoms with Gasteiger partial charge in [-0.3, -0.25) is 0 Å². The van der Waals surface area contributed by atoms with E-state index in [2.05, 4.69) is 4.98 Å². The summed E-state index contributed by atoms with van der Waals surface area (Å²) < 4.78 is 63.2. The molecule has 0 spiro atoms. The van der Waals surface area contributed by atoms with Crippen LogP contribution in [0, 0.1) is 0 Å². The monoisotopic (exact) mass is 420 g/mol. The first kappa shape index (κ1) is 19.7. The topological polar surface area (TPSA) is 79.5 Å². The normalized spacial score (nSPS) is 15.9. The van der Waals surface area contributed by atoms with E-state index in [1.54, 1.807) is 17.0 Å². The van der Waals surface area contributed by atoms with Gasteiger partial charge in [-0.15, -0.1) is 0 Å². The van der Waals surface area contributed by atoms with Crippen LogP contribution in [0.2, 0.25) is 5.02 Å². The lowest BCUT2D eigenvalue weighted by Crippen LogP contribution is -2.47. The molecule has 6 nitrogen and oxygen atoms in total. The number of hydrogen-bond acceptors (Lipinski definition) is 5. The number of rotatable bonds is 3. The molecule has 0 saturated carbocycles. The fraction of sp³-hybridized carbons (Fsp3) is 0.312. The minimum atomic E-state index is -4.70. The molecule has 1 fully saturated rings. The van der Waals surface area contributed by atoms with E-state index in [1.165, 1.54) is 6.20 Å². The van der Waals surface area contributed by atoms with Crippen LogP contribution in [0.25, 0.3) is 0 Å². The molecule has 0 radical (unpaired) electrons. The van der Waals surface area contributed by atoms with Crippen molar-refractivity contribution in [1.29, 1.82) is 0 Å². The number of halogens is 4. The van der Waals surface area contributed by atoms with Gasteiger partial charge in [0, 0.05) is 38.1 Å². The summed E-state index contributed by atoms with van der Waals surface area (Å²) in [5.41, 5.74) is -1.09. The number of hydrogen-bond donors (Lipinski definition) is 1. The van der Waals surface area contributed by atoms with E-state index < -0.39 is 26.7 Å². The van der Waals surface area contributed by atoms with Crippen molar-refractivity contribution in [2.24, 2.45) is 5.14 Å². The summed E-state index contributed by atoms with van der Waals surface area (Å²) in [6.45, 7) is 1.57. The molecule has 11 heteroatoms. The lowest BCUT2D eigenvalue weighted by molar-refractivity contribution is -0.137. The highest BCUT2D eigenvalue weighted by Crippen LogP contribution is 2.38. The molecule has 1 aliphatic rings. The lowest BCUT2D eigenvalue weighted by Gasteiger charge is -2.37. The summed E-state index contributed by atoms with van der Waals surface area (Å²) in [5.74, 6) is 0.694. The van der Waals surface area contributed by atoms with Gasteiger partial charge in [0.25, 0.3) is 0 Å². The summed E-state index contributed by atoms with van der Waals surface area (Å²) in [4.78, 5) is 7.16. The van der Waals surface area contributed by atoms with Gasteiger partial charge in [-0.1, -0.05) is 11.6 Å². The van der Waals surface area contributed by atoms with Crippen LogP contribution in [0.5, 0.6) is 0 Å². The smallest absolute Gasteiger partial charge is 0.367 e. The largest absolute Gasteiger partial charge is 0.418 e. The molecule has 1 aromatic carbocycles. The number of nitrogens with two attached hydrogens (primary N) is 1. The standard InChI is InChI=1S/C16H16ClF3N4O2S/c17-11-1-4-15(22-10-11)24-7-5-23(6-8-24)14-3-2-12(27(21,25)26)9-13(14)16(18,19)20/h1-4,9-10H,5-8H2,(H2,21,25,26). The summed E-state index contributed by atoms with van der Waals surface area (Å²) in [6, 6.07) is 6.27. The fourth-order valence-electron chi connectivity index (χ4n) is 2.93. The molecule has 0 unspecified atom stereocenters. The zero-order valence-electron chi connectivity index (χ0n) is 13.9. The van der Waals surface area contributed by atoms with Crippen LogP contribution in [0.15, 0.2) is 41.4 Å². The van der Waals surface area contributed by atoms with Crippen molar-refractivity contribution in [3.63, 3.8) is 0 Å². The number of aromatic nitrogens is 1. The maximum Gasteiger partial charge on any atom is 0.418 e. The molecule has 27 heavy (non-hydrogen) atoms. The fourth-order valence-corrected chi connectivity index (χ4v) is 3.58. The van der Waals surface area contributed by atoms with Gasteiger partial charge >= 0.3 is 6.18 Å². The number of alkyl halides is 3. The average molecular weight is 421 g/mol. The van der Waals surface area contributed by atoms with Gasteiger partial charge in [0.1, 0.15) is 5.82 Å². The number of primary sulfonamides is 1. The maximum atomic E-state index is 13.5. The Labute approximate surface area is 159 Å². The Balaban J connectivity index is 1.84. The Morgan fingerprint density at radius 1 is 1.04 bits per heavy atom. The first-order chi connectivity index (χ1) is 12.6. The molecule has 2 aromatic rings. The van der Waals surface area contributed by atoms with Crippen LogP contribution >= 0.6 is 11.6 Å². The predicted octanol–water partition coefficient (Wildman–Crippen LogP) is 2.73. The van der Waals surface area contributed by atoms with E-state index in [0.29, 0.717) is 43.1 Å². The van der Waals surface area contributed by atoms with E-state index in [-0.39, 0.29) is 5.69 Å². The molecule has 0 aliphatic carbocycles. The maximum absolute atomic E-state index is 13.5. The minimum absolute atomic E-state index is 0.0707. The Bertz CT molecular complexity index is 928. The van der Waals surface area contributed by atoms with Crippen molar-refractivity contribution in [2.45, 2.75) is 11.1 Å². The van der Waals surface area contributed by atoms with Crippen molar-refractivity contribution < 1.29 is 21.6 Å². The molecular weight excluding hydrogens is 405 g/mol. The average Bonchev–Trinajstić information content (AvgIpc) is 2.60. The second-order valence-electron chi connectivity index (χ2n) is 6.03. The third kappa shape index (κ3) is 4.45. The third-order valence-electron chi connectivity index (χ3n) is 4.26. The summed E-state index contributed by atoms with van der Waals surface area (Å²) >= 11 is 5.81. The number of benzene rings is 1. The van der Waals surface area contributed by atoms with Gasteiger partial charge in [0.05, 0.1) is 15.5 Å². The van der Waals surface area contributed by atoms with Crippen molar-refractivity contribution in [3.05, 3.63) is 47.1 Å². The van der Waals surface area contributed by atoms with E-state index >= 15 is 0 Å². The molecule has 1 aliphatic heterocycles. The number of piperazine rings is 1. The van der Waals surface area contributed by atoms with Crippen LogP contribution in [-0.2, 0) is 16.2 Å². The Hall–Kier alpha value is -2.04. The SMILES string of the molecule is NS(=O)(=O)c1ccc(N2CCN(c3ccc(Cl)cn3)CC2)c(C(F)(F)F)c1. The van der Waals surface area contributed by atoms with Crippen molar-refractivity contribution >= 4 is 33.1 Å². The van der Waals surface area contributed by atoms with Crippen LogP contribution < -0.4 is 14.9 Å². The Kier molecular flexibility index (Phi) is 5.24. The number of sulfonamides is 1. The van der Waals surface area contributed by atoms with E-state index in [1.807, 2.05) is 4.90 Å². The molecule has 146 valence electrons. The molecule has 1 aromatic heterocycles. The van der Waals surface area contributed by atoms with Crippen molar-refractivity contribution in [3.8, 4) is 0 Å². The van der Waals surface area contributed by atoms with Crippen molar-refractivity contribution in [2.75, 3.05) is 36.0 Å². The molecule has 0 amide bonds. The van der Waals surface area contributed by atoms with Gasteiger partial charge in [-0.25, -0.2) is 18.5 Å². The highest BCUT2D eigenvalue weighted by molar-refractivity contribution is 7.89. The zero-order chi connectivity index (χ0) is 19.8. The zero-order valence-corrected chi connectivity index (χ0v) is 15.5. The van der Waals surface area contributed by atoms with Crippen LogP contribution in [0.4, 0.5) is 24.7 Å². The highest BCUT2D eigenvalue weighted by Gasteiger charge is 2.36. The predicted molar refractivity (Wildman–Crippen MR) is 96.5 cm³/mol. The van der Waals surface area contributed by atoms with Crippen LogP contribution in [0.1, 0.15) is 5.56 Å². The molecule has 1 saturated heterocycles. The minimum Gasteiger partial charge on any atom is -0.367 e. The van der Waals surface area contributed by atoms with E-state index in [9.17, 15) is 21.6 Å². The molecule has 2 heterocycles. The number of pyridine rings is 1. The van der Waals surface area contributed by atoms with E-state index in [0.717, 1.165) is 12.1 Å². The quantitative estimate of drug-likeness (QED) is 0.826. The third-order valence-corrected chi connectivity index (χ3v) is 5.39. The van der Waals surface area contributed by atoms with Gasteiger partial charge in [0.2, 0.25) is 10.0 Å². The first-order valence-electron chi connectivity index (χ1n) is 7.91. The van der Waals surface area contributed by atoms with Crippen LogP contribution in [0.3, 0.4) is 0 Å². The van der Waals surface area contributed by atoms with Gasteiger partial charge in [-0.2, -0.15) is 13.2 Å². The van der Waals surface area contributed by atoms with Gasteiger partial charge < -0.3 is 9.80 Å². The summed E-state index contributed by atoms with van der Waals surface area (Å²) in [6.07, 6.45) is -3.19. The Morgan fingerprint density at radius 3 is 2.19 bits per heavy atom. The number of anilines is 2. The van der Waals surface area contributed by atoms with E-state index in [4.69, 9.17) is 16.7 Å². The summed E-state index contributed by atoms with van der Waals surface area (Å²) in [7, 11) is -4.23. The van der Waals surface area contributed by atoms with Gasteiger partial charge in [-0.05, 0) is 30.3 Å². The lowest BCUT2D eigenvalue weighted by atomic mass is 10.1. The first-order valence-corrected chi connectivity index (χ1v) is 9.83. The molecule has 0 bridgehead atoms. The number of nitrogens with zero attached hydrogens (tertiary/aromatic N) is 3. The van der Waals surface area contributed by atoms with Crippen LogP contribution in [-0.4, -0.2) is 39.6 Å². The molecular formula is C16H16ClF3N4O2S. The second kappa shape index (κ2) is 7.17. The molecule has 3 rings (SSSR count). The highest BCUT2D eigenvalue weighted by atomic mass is 35.5. The van der Waals surface area contributed by atoms with Gasteiger partial charge in [0.15, 0.2) is 0 Å². The molecule has 2 N–H and O–H groups in total. The van der Waals surface area contributed by atoms with Crippen molar-refractivity contribution in [1.82, 2.24) is 4.98 Å². The Morgan fingerprint density at radius 2 is 1.67 bits per heavy atom. The second-order valence-corrected chi connectivity index (χ2v) is 8.03. The molecule has 0 atom stereocenters.